The number of rotatable bonds is 6. The van der Waals surface area contributed by atoms with Gasteiger partial charge in [0.1, 0.15) is 13.1 Å². The minimum Gasteiger partial charge on any atom is -0.371 e. The van der Waals surface area contributed by atoms with Crippen molar-refractivity contribution in [3.8, 4) is 0 Å². The van der Waals surface area contributed by atoms with E-state index >= 15 is 0 Å². The fourth-order valence-corrected chi connectivity index (χ4v) is 6.23. The number of benzene rings is 3. The first-order valence-corrected chi connectivity index (χ1v) is 12.2. The third-order valence-corrected chi connectivity index (χ3v) is 7.42. The maximum atomic E-state index is 2.69. The number of para-hydroxylation sites is 1. The summed E-state index contributed by atoms with van der Waals surface area (Å²) in [5.74, 6) is 1.42. The number of fused-ring (bicyclic) bond motifs is 7. The fraction of sp³-hybridized carbons (Fsp3) is 0.345. The Morgan fingerprint density at radius 2 is 1.47 bits per heavy atom. The molecular weight excluding hydrogens is 390 g/mol. The normalized spacial score (nSPS) is 20.2. The van der Waals surface area contributed by atoms with Gasteiger partial charge in [0, 0.05) is 35.3 Å². The van der Waals surface area contributed by atoms with E-state index in [9.17, 15) is 0 Å². The Labute approximate surface area is 191 Å². The van der Waals surface area contributed by atoms with E-state index in [1.807, 2.05) is 0 Å². The molecule has 3 aromatic carbocycles. The summed E-state index contributed by atoms with van der Waals surface area (Å²) in [6.07, 6.45) is 2.33. The van der Waals surface area contributed by atoms with E-state index in [-0.39, 0.29) is 0 Å². The fourth-order valence-electron chi connectivity index (χ4n) is 6.23. The van der Waals surface area contributed by atoms with Crippen LogP contribution in [0.15, 0.2) is 72.8 Å². The highest BCUT2D eigenvalue weighted by atomic mass is 15.4. The monoisotopic (exact) mass is 422 g/mol. The lowest BCUT2D eigenvalue weighted by Gasteiger charge is -2.26. The van der Waals surface area contributed by atoms with Crippen molar-refractivity contribution >= 4 is 11.5 Å². The molecule has 0 spiro atoms. The molecule has 3 aromatic rings. The molecule has 2 unspecified atom stereocenters. The first-order chi connectivity index (χ1) is 15.8. The summed E-state index contributed by atoms with van der Waals surface area (Å²) < 4.78 is 2.69. The van der Waals surface area contributed by atoms with Crippen molar-refractivity contribution in [1.29, 1.82) is 0 Å². The first kappa shape index (κ1) is 19.6. The zero-order valence-electron chi connectivity index (χ0n) is 19.2. The molecule has 0 radical (unpaired) electrons. The summed E-state index contributed by atoms with van der Waals surface area (Å²) in [6.45, 7) is 8.78. The van der Waals surface area contributed by atoms with Gasteiger partial charge in [-0.25, -0.2) is 9.48 Å². The maximum absolute atomic E-state index is 2.69. The zero-order chi connectivity index (χ0) is 21.7. The highest BCUT2D eigenvalue weighted by molar-refractivity contribution is 6.02. The van der Waals surface area contributed by atoms with Crippen LogP contribution in [0.5, 0.6) is 0 Å². The van der Waals surface area contributed by atoms with Crippen LogP contribution < -0.4 is 4.90 Å². The van der Waals surface area contributed by atoms with E-state index in [1.54, 1.807) is 0 Å². The standard InChI is InChI=1S/C29H32N3/c1-3-17-30(18-4-2)26-16-10-9-15-25(26)29-31-19-21-11-5-7-13-23(21)27(31)28-24-14-8-6-12-22(24)20-32(28)29/h5-16,27-28H,3-4,17-20H2,1-2H3/q+1. The number of hydrogen-bond donors (Lipinski definition) is 0. The molecule has 0 aliphatic carbocycles. The molecule has 0 aromatic heterocycles. The van der Waals surface area contributed by atoms with Gasteiger partial charge in [0.25, 0.3) is 5.84 Å². The molecule has 3 aliphatic heterocycles. The topological polar surface area (TPSA) is 9.49 Å². The van der Waals surface area contributed by atoms with E-state index in [1.165, 1.54) is 52.2 Å². The summed E-state index contributed by atoms with van der Waals surface area (Å²) in [6, 6.07) is 28.1. The number of anilines is 1. The SMILES string of the molecule is CCCN(CCC)c1ccccc1C1=[N+]2Cc3ccccc3C2C2c3ccccc3CN12. The molecule has 0 bridgehead atoms. The van der Waals surface area contributed by atoms with Gasteiger partial charge in [-0.15, -0.1) is 0 Å². The van der Waals surface area contributed by atoms with Crippen molar-refractivity contribution in [1.82, 2.24) is 4.90 Å². The maximum Gasteiger partial charge on any atom is 0.283 e. The molecular formula is C29H32N3+. The first-order valence-electron chi connectivity index (χ1n) is 12.2. The average Bonchev–Trinajstić information content (AvgIpc) is 3.46. The molecule has 0 N–H and O–H groups in total. The largest absolute Gasteiger partial charge is 0.371 e. The average molecular weight is 423 g/mol. The Bertz CT molecular complexity index is 1190. The summed E-state index contributed by atoms with van der Waals surface area (Å²) in [5, 5.41) is 0. The van der Waals surface area contributed by atoms with Gasteiger partial charge in [-0.1, -0.05) is 74.5 Å². The molecule has 3 heteroatoms. The van der Waals surface area contributed by atoms with E-state index in [0.717, 1.165) is 26.2 Å². The van der Waals surface area contributed by atoms with Crippen LogP contribution in [-0.2, 0) is 13.1 Å². The van der Waals surface area contributed by atoms with Crippen LogP contribution in [0.4, 0.5) is 5.69 Å². The lowest BCUT2D eigenvalue weighted by atomic mass is 9.94. The van der Waals surface area contributed by atoms with Crippen LogP contribution in [0.3, 0.4) is 0 Å². The van der Waals surface area contributed by atoms with Crippen LogP contribution in [0, 0.1) is 0 Å². The lowest BCUT2D eigenvalue weighted by molar-refractivity contribution is -0.570. The highest BCUT2D eigenvalue weighted by Crippen LogP contribution is 2.52. The molecule has 162 valence electrons. The van der Waals surface area contributed by atoms with Gasteiger partial charge < -0.3 is 4.90 Å². The van der Waals surface area contributed by atoms with Gasteiger partial charge in [-0.05, 0) is 25.0 Å². The molecule has 6 rings (SSSR count). The number of nitrogens with zero attached hydrogens (tertiary/aromatic N) is 3. The summed E-state index contributed by atoms with van der Waals surface area (Å²) >= 11 is 0. The van der Waals surface area contributed by atoms with Crippen LogP contribution in [-0.4, -0.2) is 28.4 Å². The molecule has 32 heavy (non-hydrogen) atoms. The second-order valence-electron chi connectivity index (χ2n) is 9.37. The number of amidine groups is 1. The van der Waals surface area contributed by atoms with Crippen LogP contribution >= 0.6 is 0 Å². The minimum absolute atomic E-state index is 0.392. The van der Waals surface area contributed by atoms with Crippen molar-refractivity contribution < 1.29 is 4.58 Å². The molecule has 0 amide bonds. The van der Waals surface area contributed by atoms with Crippen LogP contribution in [0.1, 0.15) is 66.6 Å². The van der Waals surface area contributed by atoms with Crippen molar-refractivity contribution in [3.63, 3.8) is 0 Å². The molecule has 0 saturated carbocycles. The van der Waals surface area contributed by atoms with E-state index in [2.05, 4.69) is 101 Å². The minimum atomic E-state index is 0.392. The zero-order valence-corrected chi connectivity index (χ0v) is 19.2. The van der Waals surface area contributed by atoms with Crippen molar-refractivity contribution in [2.75, 3.05) is 18.0 Å². The molecule has 0 fully saturated rings. The Hall–Kier alpha value is -3.07. The van der Waals surface area contributed by atoms with Crippen LogP contribution in [0.2, 0.25) is 0 Å². The third-order valence-electron chi connectivity index (χ3n) is 7.42. The lowest BCUT2D eigenvalue weighted by Crippen LogP contribution is -2.32. The van der Waals surface area contributed by atoms with Gasteiger partial charge in [0.05, 0.1) is 11.3 Å². The summed E-state index contributed by atoms with van der Waals surface area (Å²) in [4.78, 5) is 5.29. The summed E-state index contributed by atoms with van der Waals surface area (Å²) in [7, 11) is 0. The second kappa shape index (κ2) is 7.81. The summed E-state index contributed by atoms with van der Waals surface area (Å²) in [5.41, 5.74) is 8.75. The molecule has 0 saturated heterocycles. The van der Waals surface area contributed by atoms with E-state index in [0.29, 0.717) is 12.1 Å². The van der Waals surface area contributed by atoms with Gasteiger partial charge in [0.15, 0.2) is 12.1 Å². The van der Waals surface area contributed by atoms with Crippen molar-refractivity contribution in [3.05, 3.63) is 101 Å². The van der Waals surface area contributed by atoms with E-state index < -0.39 is 0 Å². The molecule has 3 heterocycles. The Morgan fingerprint density at radius 1 is 0.812 bits per heavy atom. The molecule has 3 aliphatic rings. The Kier molecular flexibility index (Phi) is 4.78. The molecule has 3 nitrogen and oxygen atoms in total. The van der Waals surface area contributed by atoms with Gasteiger partial charge >= 0.3 is 0 Å². The Morgan fingerprint density at radius 3 is 2.25 bits per heavy atom. The van der Waals surface area contributed by atoms with Crippen molar-refractivity contribution in [2.45, 2.75) is 51.9 Å². The van der Waals surface area contributed by atoms with Gasteiger partial charge in [-0.3, -0.25) is 0 Å². The Balaban J connectivity index is 1.54. The van der Waals surface area contributed by atoms with Gasteiger partial charge in [-0.2, -0.15) is 0 Å². The van der Waals surface area contributed by atoms with Crippen molar-refractivity contribution in [2.24, 2.45) is 0 Å². The predicted octanol–water partition coefficient (Wildman–Crippen LogP) is 5.90. The highest BCUT2D eigenvalue weighted by Gasteiger charge is 2.56. The second-order valence-corrected chi connectivity index (χ2v) is 9.37. The predicted molar refractivity (Wildman–Crippen MR) is 131 cm³/mol. The molecule has 2 atom stereocenters. The van der Waals surface area contributed by atoms with Crippen LogP contribution in [0.25, 0.3) is 0 Å². The van der Waals surface area contributed by atoms with E-state index in [4.69, 9.17) is 0 Å². The van der Waals surface area contributed by atoms with Gasteiger partial charge in [0.2, 0.25) is 0 Å². The quantitative estimate of drug-likeness (QED) is 0.458. The third kappa shape index (κ3) is 2.83. The smallest absolute Gasteiger partial charge is 0.283 e. The number of hydrogen-bond acceptors (Lipinski definition) is 2.